The summed E-state index contributed by atoms with van der Waals surface area (Å²) in [6.45, 7) is 7.77. The number of fused-ring (bicyclic) bond motifs is 1. The Hall–Kier alpha value is -0.0800. The van der Waals surface area contributed by atoms with E-state index in [0.717, 1.165) is 23.8 Å². The highest BCUT2D eigenvalue weighted by molar-refractivity contribution is 4.89. The van der Waals surface area contributed by atoms with Crippen LogP contribution >= 0.6 is 0 Å². The van der Waals surface area contributed by atoms with E-state index < -0.39 is 0 Å². The molecule has 2 saturated heterocycles. The zero-order chi connectivity index (χ0) is 13.1. The molecule has 0 amide bonds. The topological polar surface area (TPSA) is 15.3 Å². The minimum Gasteiger partial charge on any atom is -0.316 e. The van der Waals surface area contributed by atoms with Crippen molar-refractivity contribution >= 4 is 0 Å². The van der Waals surface area contributed by atoms with Crippen LogP contribution in [0.15, 0.2) is 0 Å². The van der Waals surface area contributed by atoms with Crippen LogP contribution in [0.1, 0.15) is 58.3 Å². The van der Waals surface area contributed by atoms with E-state index in [4.69, 9.17) is 0 Å². The quantitative estimate of drug-likeness (QED) is 0.838. The van der Waals surface area contributed by atoms with Crippen molar-refractivity contribution in [3.8, 4) is 0 Å². The Labute approximate surface area is 119 Å². The standard InChI is InChI=1S/C17H32N2/c1-14(16-6-3-10-18-13-16)9-12-19-11-4-7-15-5-2-8-17(15)19/h14-18H,2-13H2,1H3. The van der Waals surface area contributed by atoms with Crippen molar-refractivity contribution in [3.63, 3.8) is 0 Å². The van der Waals surface area contributed by atoms with E-state index in [-0.39, 0.29) is 0 Å². The highest BCUT2D eigenvalue weighted by Gasteiger charge is 2.34. The van der Waals surface area contributed by atoms with Gasteiger partial charge in [0.25, 0.3) is 0 Å². The predicted octanol–water partition coefficient (Wildman–Crippen LogP) is 3.28. The van der Waals surface area contributed by atoms with Gasteiger partial charge in [-0.25, -0.2) is 0 Å². The Morgan fingerprint density at radius 2 is 2.00 bits per heavy atom. The van der Waals surface area contributed by atoms with Crippen molar-refractivity contribution in [1.29, 1.82) is 0 Å². The van der Waals surface area contributed by atoms with Gasteiger partial charge < -0.3 is 10.2 Å². The average Bonchev–Trinajstić information content (AvgIpc) is 2.94. The molecular formula is C17H32N2. The zero-order valence-electron chi connectivity index (χ0n) is 12.7. The summed E-state index contributed by atoms with van der Waals surface area (Å²) in [6, 6.07) is 0.963. The molecule has 1 saturated carbocycles. The van der Waals surface area contributed by atoms with Crippen molar-refractivity contribution in [2.24, 2.45) is 17.8 Å². The number of likely N-dealkylation sites (tertiary alicyclic amines) is 1. The maximum Gasteiger partial charge on any atom is 0.0123 e. The molecule has 3 fully saturated rings. The van der Waals surface area contributed by atoms with Gasteiger partial charge in [0.15, 0.2) is 0 Å². The SMILES string of the molecule is CC(CCN1CCCC2CCCC21)C1CCCNC1. The Morgan fingerprint density at radius 1 is 1.11 bits per heavy atom. The largest absolute Gasteiger partial charge is 0.316 e. The summed E-state index contributed by atoms with van der Waals surface area (Å²) < 4.78 is 0. The molecule has 1 aliphatic carbocycles. The molecule has 0 radical (unpaired) electrons. The molecule has 3 aliphatic rings. The second kappa shape index (κ2) is 6.58. The van der Waals surface area contributed by atoms with Gasteiger partial charge in [-0.05, 0) is 88.9 Å². The van der Waals surface area contributed by atoms with E-state index in [9.17, 15) is 0 Å². The van der Waals surface area contributed by atoms with Crippen molar-refractivity contribution in [2.75, 3.05) is 26.2 Å². The van der Waals surface area contributed by atoms with Gasteiger partial charge in [-0.15, -0.1) is 0 Å². The molecule has 19 heavy (non-hydrogen) atoms. The predicted molar refractivity (Wildman–Crippen MR) is 81.3 cm³/mol. The third-order valence-corrected chi connectivity index (χ3v) is 6.12. The lowest BCUT2D eigenvalue weighted by atomic mass is 9.84. The van der Waals surface area contributed by atoms with Gasteiger partial charge in [0, 0.05) is 6.04 Å². The van der Waals surface area contributed by atoms with Crippen LogP contribution in [-0.2, 0) is 0 Å². The van der Waals surface area contributed by atoms with E-state index in [1.165, 1.54) is 77.5 Å². The average molecular weight is 264 g/mol. The number of piperidine rings is 2. The van der Waals surface area contributed by atoms with Gasteiger partial charge in [-0.1, -0.05) is 13.3 Å². The molecule has 2 heteroatoms. The monoisotopic (exact) mass is 264 g/mol. The molecule has 4 atom stereocenters. The first-order valence-electron chi connectivity index (χ1n) is 8.79. The fourth-order valence-corrected chi connectivity index (χ4v) is 4.80. The Morgan fingerprint density at radius 3 is 2.84 bits per heavy atom. The second-order valence-corrected chi connectivity index (χ2v) is 7.31. The summed E-state index contributed by atoms with van der Waals surface area (Å²) in [7, 11) is 0. The van der Waals surface area contributed by atoms with Gasteiger partial charge in [0.05, 0.1) is 0 Å². The smallest absolute Gasteiger partial charge is 0.0123 e. The van der Waals surface area contributed by atoms with Crippen LogP contribution in [0.3, 0.4) is 0 Å². The first-order chi connectivity index (χ1) is 9.34. The van der Waals surface area contributed by atoms with Gasteiger partial charge in [-0.3, -0.25) is 0 Å². The minimum atomic E-state index is 0.912. The van der Waals surface area contributed by atoms with E-state index >= 15 is 0 Å². The Bertz CT molecular complexity index is 272. The fraction of sp³-hybridized carbons (Fsp3) is 1.00. The van der Waals surface area contributed by atoms with Gasteiger partial charge in [0.2, 0.25) is 0 Å². The van der Waals surface area contributed by atoms with E-state index in [2.05, 4.69) is 17.1 Å². The minimum absolute atomic E-state index is 0.912. The molecule has 0 bridgehead atoms. The van der Waals surface area contributed by atoms with Crippen molar-refractivity contribution < 1.29 is 0 Å². The number of hydrogen-bond donors (Lipinski definition) is 1. The zero-order valence-corrected chi connectivity index (χ0v) is 12.7. The molecule has 0 aromatic carbocycles. The molecule has 0 spiro atoms. The van der Waals surface area contributed by atoms with E-state index in [1.54, 1.807) is 0 Å². The number of rotatable bonds is 4. The summed E-state index contributed by atoms with van der Waals surface area (Å²) in [4.78, 5) is 2.86. The molecule has 2 heterocycles. The molecule has 2 aliphatic heterocycles. The van der Waals surface area contributed by atoms with Crippen LogP contribution < -0.4 is 5.32 Å². The highest BCUT2D eigenvalue weighted by atomic mass is 15.2. The Balaban J connectivity index is 1.45. The third kappa shape index (κ3) is 3.33. The lowest BCUT2D eigenvalue weighted by Gasteiger charge is -2.39. The van der Waals surface area contributed by atoms with Crippen molar-refractivity contribution in [3.05, 3.63) is 0 Å². The molecule has 2 nitrogen and oxygen atoms in total. The fourth-order valence-electron chi connectivity index (χ4n) is 4.80. The summed E-state index contributed by atoms with van der Waals surface area (Å²) in [5.41, 5.74) is 0. The lowest BCUT2D eigenvalue weighted by molar-refractivity contribution is 0.101. The van der Waals surface area contributed by atoms with Crippen molar-refractivity contribution in [2.45, 2.75) is 64.3 Å². The van der Waals surface area contributed by atoms with Crippen LogP contribution in [0.5, 0.6) is 0 Å². The summed E-state index contributed by atoms with van der Waals surface area (Å²) in [6.07, 6.45) is 11.8. The maximum atomic E-state index is 3.58. The Kier molecular flexibility index (Phi) is 4.81. The molecule has 4 unspecified atom stereocenters. The maximum absolute atomic E-state index is 3.58. The molecular weight excluding hydrogens is 232 g/mol. The highest BCUT2D eigenvalue weighted by Crippen LogP contribution is 2.37. The van der Waals surface area contributed by atoms with Crippen LogP contribution in [0.4, 0.5) is 0 Å². The molecule has 0 aromatic heterocycles. The molecule has 3 rings (SSSR count). The lowest BCUT2D eigenvalue weighted by Crippen LogP contribution is -2.44. The van der Waals surface area contributed by atoms with E-state index in [1.807, 2.05) is 0 Å². The van der Waals surface area contributed by atoms with Gasteiger partial charge >= 0.3 is 0 Å². The number of nitrogens with one attached hydrogen (secondary N) is 1. The molecule has 110 valence electrons. The molecule has 0 aromatic rings. The van der Waals surface area contributed by atoms with E-state index in [0.29, 0.717) is 0 Å². The van der Waals surface area contributed by atoms with Crippen molar-refractivity contribution in [1.82, 2.24) is 10.2 Å². The third-order valence-electron chi connectivity index (χ3n) is 6.12. The van der Waals surface area contributed by atoms with Crippen LogP contribution in [0.25, 0.3) is 0 Å². The number of hydrogen-bond acceptors (Lipinski definition) is 2. The first-order valence-corrected chi connectivity index (χ1v) is 8.79. The first kappa shape index (κ1) is 13.9. The van der Waals surface area contributed by atoms with Crippen LogP contribution in [0.2, 0.25) is 0 Å². The normalized spacial score (nSPS) is 38.1. The number of nitrogens with zero attached hydrogens (tertiary/aromatic N) is 1. The summed E-state index contributed by atoms with van der Waals surface area (Å²) in [5.74, 6) is 2.91. The summed E-state index contributed by atoms with van der Waals surface area (Å²) in [5, 5.41) is 3.58. The van der Waals surface area contributed by atoms with Crippen LogP contribution in [-0.4, -0.2) is 37.1 Å². The second-order valence-electron chi connectivity index (χ2n) is 7.31. The van der Waals surface area contributed by atoms with Crippen LogP contribution in [0, 0.1) is 17.8 Å². The molecule has 1 N–H and O–H groups in total. The van der Waals surface area contributed by atoms with Gasteiger partial charge in [-0.2, -0.15) is 0 Å². The van der Waals surface area contributed by atoms with Gasteiger partial charge in [0.1, 0.15) is 0 Å². The summed E-state index contributed by atoms with van der Waals surface area (Å²) >= 11 is 0.